The van der Waals surface area contributed by atoms with Gasteiger partial charge in [0, 0.05) is 37.6 Å². The largest absolute Gasteiger partial charge is 0.334 e. The number of rotatable bonds is 3. The molecule has 5 rings (SSSR count). The Labute approximate surface area is 159 Å². The Morgan fingerprint density at radius 3 is 2.81 bits per heavy atom. The second kappa shape index (κ2) is 6.83. The predicted octanol–water partition coefficient (Wildman–Crippen LogP) is 2.67. The SMILES string of the molecule is CC(C)=CCN1C(=O)C2CCC1CN(C(=O)c1cn3c(C)cccc3n1)C2. The third kappa shape index (κ3) is 3.24. The van der Waals surface area contributed by atoms with E-state index in [1.807, 2.05) is 59.4 Å². The highest BCUT2D eigenvalue weighted by atomic mass is 16.2. The number of piperidine rings is 1. The number of nitrogens with zero attached hydrogens (tertiary/aromatic N) is 4. The maximum absolute atomic E-state index is 13.1. The first-order chi connectivity index (χ1) is 12.9. The number of aryl methyl sites for hydroxylation is 1. The summed E-state index contributed by atoms with van der Waals surface area (Å²) in [5.74, 6) is 0.00814. The van der Waals surface area contributed by atoms with E-state index in [1.54, 1.807) is 0 Å². The molecule has 6 nitrogen and oxygen atoms in total. The molecule has 2 aromatic heterocycles. The molecule has 3 aliphatic heterocycles. The molecule has 0 saturated carbocycles. The molecule has 3 fully saturated rings. The van der Waals surface area contributed by atoms with Gasteiger partial charge in [-0.2, -0.15) is 0 Å². The van der Waals surface area contributed by atoms with Gasteiger partial charge in [-0.25, -0.2) is 4.98 Å². The van der Waals surface area contributed by atoms with Gasteiger partial charge in [-0.1, -0.05) is 17.7 Å². The molecule has 0 aliphatic carbocycles. The Kier molecular flexibility index (Phi) is 4.50. The number of allylic oxidation sites excluding steroid dienone is 1. The van der Waals surface area contributed by atoms with Crippen LogP contribution in [0.15, 0.2) is 36.0 Å². The van der Waals surface area contributed by atoms with Gasteiger partial charge < -0.3 is 14.2 Å². The fourth-order valence-corrected chi connectivity index (χ4v) is 4.14. The number of carbonyl (C=O) groups is 2. The van der Waals surface area contributed by atoms with E-state index in [0.29, 0.717) is 25.3 Å². The van der Waals surface area contributed by atoms with E-state index in [1.165, 1.54) is 5.57 Å². The lowest BCUT2D eigenvalue weighted by atomic mass is 9.94. The normalized spacial score (nSPS) is 22.3. The average molecular weight is 366 g/mol. The summed E-state index contributed by atoms with van der Waals surface area (Å²) in [6.07, 6.45) is 5.72. The van der Waals surface area contributed by atoms with Crippen LogP contribution in [0.1, 0.15) is 42.9 Å². The predicted molar refractivity (Wildman–Crippen MR) is 103 cm³/mol. The van der Waals surface area contributed by atoms with Crippen molar-refractivity contribution in [2.45, 2.75) is 39.7 Å². The van der Waals surface area contributed by atoms with E-state index >= 15 is 0 Å². The summed E-state index contributed by atoms with van der Waals surface area (Å²) in [4.78, 5) is 34.3. The van der Waals surface area contributed by atoms with Crippen molar-refractivity contribution in [1.29, 1.82) is 0 Å². The highest BCUT2D eigenvalue weighted by Crippen LogP contribution is 2.30. The highest BCUT2D eigenvalue weighted by molar-refractivity contribution is 5.94. The zero-order chi connectivity index (χ0) is 19.1. The molecule has 6 heteroatoms. The molecule has 3 saturated heterocycles. The second-order valence-electron chi connectivity index (χ2n) is 7.93. The van der Waals surface area contributed by atoms with Crippen LogP contribution < -0.4 is 0 Å². The highest BCUT2D eigenvalue weighted by Gasteiger charge is 2.41. The minimum absolute atomic E-state index is 0.0770. The van der Waals surface area contributed by atoms with Gasteiger partial charge in [0.15, 0.2) is 0 Å². The van der Waals surface area contributed by atoms with E-state index in [9.17, 15) is 9.59 Å². The molecule has 2 amide bonds. The van der Waals surface area contributed by atoms with Crippen molar-refractivity contribution >= 4 is 17.5 Å². The first-order valence-corrected chi connectivity index (χ1v) is 9.62. The zero-order valence-electron chi connectivity index (χ0n) is 16.2. The number of carbonyl (C=O) groups excluding carboxylic acids is 2. The fourth-order valence-electron chi connectivity index (χ4n) is 4.14. The van der Waals surface area contributed by atoms with Crippen molar-refractivity contribution in [3.05, 3.63) is 47.4 Å². The number of fused-ring (bicyclic) bond motifs is 5. The number of aromatic nitrogens is 2. The van der Waals surface area contributed by atoms with E-state index in [2.05, 4.69) is 11.1 Å². The molecular weight excluding hydrogens is 340 g/mol. The summed E-state index contributed by atoms with van der Waals surface area (Å²) in [7, 11) is 0. The molecule has 2 bridgehead atoms. The van der Waals surface area contributed by atoms with Gasteiger partial charge in [-0.05, 0) is 45.7 Å². The molecule has 5 heterocycles. The van der Waals surface area contributed by atoms with Crippen LogP contribution in [0.2, 0.25) is 0 Å². The molecule has 0 radical (unpaired) electrons. The van der Waals surface area contributed by atoms with Crippen molar-refractivity contribution in [3.8, 4) is 0 Å². The average Bonchev–Trinajstić information content (AvgIpc) is 2.89. The van der Waals surface area contributed by atoms with E-state index < -0.39 is 0 Å². The maximum Gasteiger partial charge on any atom is 0.274 e. The minimum atomic E-state index is -0.1000. The molecule has 27 heavy (non-hydrogen) atoms. The van der Waals surface area contributed by atoms with Crippen molar-refractivity contribution in [2.24, 2.45) is 5.92 Å². The van der Waals surface area contributed by atoms with Gasteiger partial charge in [-0.3, -0.25) is 9.59 Å². The number of pyridine rings is 1. The zero-order valence-corrected chi connectivity index (χ0v) is 16.2. The molecule has 0 aromatic carbocycles. The standard InChI is InChI=1S/C21H26N4O2/c1-14(2)9-10-24-17-8-7-16(20(24)26)11-23(12-17)21(27)18-13-25-15(3)5-4-6-19(25)22-18/h4-6,9,13,16-17H,7-8,10-12H2,1-3H3. The number of hydrogen-bond donors (Lipinski definition) is 0. The molecule has 2 unspecified atom stereocenters. The number of amides is 2. The van der Waals surface area contributed by atoms with Gasteiger partial charge in [0.1, 0.15) is 11.3 Å². The lowest BCUT2D eigenvalue weighted by molar-refractivity contribution is -0.139. The number of hydrogen-bond acceptors (Lipinski definition) is 3. The topological polar surface area (TPSA) is 57.9 Å². The third-order valence-corrected chi connectivity index (χ3v) is 5.69. The Hall–Kier alpha value is -2.63. The molecule has 2 aromatic rings. The summed E-state index contributed by atoms with van der Waals surface area (Å²) in [6.45, 7) is 7.80. The Balaban J connectivity index is 1.59. The van der Waals surface area contributed by atoms with Crippen LogP contribution in [0.4, 0.5) is 0 Å². The van der Waals surface area contributed by atoms with Crippen LogP contribution in [0.25, 0.3) is 5.65 Å². The van der Waals surface area contributed by atoms with E-state index in [4.69, 9.17) is 0 Å². The van der Waals surface area contributed by atoms with Crippen molar-refractivity contribution in [3.63, 3.8) is 0 Å². The second-order valence-corrected chi connectivity index (χ2v) is 7.93. The van der Waals surface area contributed by atoms with E-state index in [0.717, 1.165) is 24.2 Å². The molecule has 0 spiro atoms. The maximum atomic E-state index is 13.1. The number of imidazole rings is 1. The molecule has 142 valence electrons. The quantitative estimate of drug-likeness (QED) is 0.785. The van der Waals surface area contributed by atoms with Crippen LogP contribution in [-0.2, 0) is 4.79 Å². The summed E-state index contributed by atoms with van der Waals surface area (Å²) in [5, 5.41) is 0. The monoisotopic (exact) mass is 366 g/mol. The van der Waals surface area contributed by atoms with Crippen LogP contribution in [0, 0.1) is 12.8 Å². The fraction of sp³-hybridized carbons (Fsp3) is 0.476. The van der Waals surface area contributed by atoms with Crippen molar-refractivity contribution in [2.75, 3.05) is 19.6 Å². The Morgan fingerprint density at radius 1 is 1.26 bits per heavy atom. The molecule has 3 aliphatic rings. The summed E-state index contributed by atoms with van der Waals surface area (Å²) < 4.78 is 1.94. The first kappa shape index (κ1) is 17.8. The summed E-state index contributed by atoms with van der Waals surface area (Å²) >= 11 is 0. The molecular formula is C21H26N4O2. The summed E-state index contributed by atoms with van der Waals surface area (Å²) in [5.41, 5.74) is 3.47. The lowest BCUT2D eigenvalue weighted by Gasteiger charge is -2.35. The van der Waals surface area contributed by atoms with Crippen LogP contribution in [-0.4, -0.2) is 56.7 Å². The van der Waals surface area contributed by atoms with Crippen molar-refractivity contribution in [1.82, 2.24) is 19.2 Å². The third-order valence-electron chi connectivity index (χ3n) is 5.69. The van der Waals surface area contributed by atoms with Gasteiger partial charge in [0.25, 0.3) is 5.91 Å². The van der Waals surface area contributed by atoms with Gasteiger partial charge in [-0.15, -0.1) is 0 Å². The Morgan fingerprint density at radius 2 is 2.07 bits per heavy atom. The van der Waals surface area contributed by atoms with Gasteiger partial charge >= 0.3 is 0 Å². The smallest absolute Gasteiger partial charge is 0.274 e. The van der Waals surface area contributed by atoms with Gasteiger partial charge in [0.05, 0.1) is 5.92 Å². The van der Waals surface area contributed by atoms with E-state index in [-0.39, 0.29) is 23.8 Å². The minimum Gasteiger partial charge on any atom is -0.334 e. The van der Waals surface area contributed by atoms with Crippen LogP contribution in [0.5, 0.6) is 0 Å². The van der Waals surface area contributed by atoms with Crippen molar-refractivity contribution < 1.29 is 9.59 Å². The first-order valence-electron chi connectivity index (χ1n) is 9.62. The van der Waals surface area contributed by atoms with Crippen LogP contribution >= 0.6 is 0 Å². The molecule has 2 atom stereocenters. The lowest BCUT2D eigenvalue weighted by Crippen LogP contribution is -2.48. The van der Waals surface area contributed by atoms with Crippen LogP contribution in [0.3, 0.4) is 0 Å². The molecule has 0 N–H and O–H groups in total. The summed E-state index contributed by atoms with van der Waals surface area (Å²) in [6, 6.07) is 5.93. The van der Waals surface area contributed by atoms with Gasteiger partial charge in [0.2, 0.25) is 5.91 Å². The Bertz CT molecular complexity index is 925.